The Kier molecular flexibility index (Phi) is 4.99. The quantitative estimate of drug-likeness (QED) is 0.798. The molecule has 0 saturated heterocycles. The minimum absolute atomic E-state index is 0.558. The molecule has 0 radical (unpaired) electrons. The molecular formula is C18H24O2. The van der Waals surface area contributed by atoms with E-state index in [2.05, 4.69) is 12.2 Å². The molecule has 1 saturated carbocycles. The molecule has 1 aliphatic carbocycles. The molecule has 20 heavy (non-hydrogen) atoms. The molecule has 0 amide bonds. The maximum atomic E-state index is 11.7. The summed E-state index contributed by atoms with van der Waals surface area (Å²) in [5.41, 5.74) is 0.0488. The molecular weight excluding hydrogens is 248 g/mol. The number of rotatable bonds is 5. The maximum Gasteiger partial charge on any atom is 0.314 e. The van der Waals surface area contributed by atoms with Gasteiger partial charge in [-0.25, -0.2) is 0 Å². The highest BCUT2D eigenvalue weighted by molar-refractivity contribution is 5.81. The Morgan fingerprint density at radius 1 is 1.25 bits per heavy atom. The van der Waals surface area contributed by atoms with E-state index in [1.807, 2.05) is 37.3 Å². The fraction of sp³-hybridized carbons (Fsp3) is 0.500. The third-order valence-corrected chi connectivity index (χ3v) is 4.47. The van der Waals surface area contributed by atoms with Crippen molar-refractivity contribution in [2.24, 2.45) is 5.92 Å². The minimum atomic E-state index is -0.827. The van der Waals surface area contributed by atoms with Crippen molar-refractivity contribution in [3.8, 4) is 0 Å². The Balaban J connectivity index is 2.06. The summed E-state index contributed by atoms with van der Waals surface area (Å²) < 4.78 is 0. The molecule has 0 heterocycles. The molecule has 0 aromatic heterocycles. The molecule has 1 fully saturated rings. The van der Waals surface area contributed by atoms with Gasteiger partial charge in [-0.3, -0.25) is 4.79 Å². The second-order valence-corrected chi connectivity index (χ2v) is 6.03. The van der Waals surface area contributed by atoms with Gasteiger partial charge in [-0.15, -0.1) is 0 Å². The number of hydrogen-bond acceptors (Lipinski definition) is 1. The third-order valence-electron chi connectivity index (χ3n) is 4.47. The summed E-state index contributed by atoms with van der Waals surface area (Å²) in [7, 11) is 0. The van der Waals surface area contributed by atoms with Crippen LogP contribution in [-0.4, -0.2) is 11.1 Å². The van der Waals surface area contributed by atoms with Crippen LogP contribution in [0.3, 0.4) is 0 Å². The van der Waals surface area contributed by atoms with Crippen molar-refractivity contribution in [1.29, 1.82) is 0 Å². The first kappa shape index (κ1) is 14.8. The smallest absolute Gasteiger partial charge is 0.314 e. The van der Waals surface area contributed by atoms with Crippen LogP contribution in [0.25, 0.3) is 0 Å². The van der Waals surface area contributed by atoms with Crippen LogP contribution in [0.5, 0.6) is 0 Å². The monoisotopic (exact) mass is 272 g/mol. The minimum Gasteiger partial charge on any atom is -0.481 e. The van der Waals surface area contributed by atoms with Crippen LogP contribution >= 0.6 is 0 Å². The first-order chi connectivity index (χ1) is 9.63. The van der Waals surface area contributed by atoms with Gasteiger partial charge in [0.25, 0.3) is 0 Å². The SMILES string of the molecule is CC(C/C=C/C1CCCCC1)(C(=O)O)c1ccccc1. The lowest BCUT2D eigenvalue weighted by molar-refractivity contribution is -0.143. The highest BCUT2D eigenvalue weighted by Crippen LogP contribution is 2.30. The Morgan fingerprint density at radius 3 is 2.50 bits per heavy atom. The largest absolute Gasteiger partial charge is 0.481 e. The molecule has 1 aromatic carbocycles. The Hall–Kier alpha value is -1.57. The summed E-state index contributed by atoms with van der Waals surface area (Å²) in [6.45, 7) is 1.82. The van der Waals surface area contributed by atoms with E-state index < -0.39 is 11.4 Å². The van der Waals surface area contributed by atoms with E-state index in [1.54, 1.807) is 0 Å². The number of carboxylic acids is 1. The van der Waals surface area contributed by atoms with Crippen molar-refractivity contribution in [3.63, 3.8) is 0 Å². The zero-order chi connectivity index (χ0) is 14.4. The van der Waals surface area contributed by atoms with E-state index in [0.717, 1.165) is 5.56 Å². The molecule has 2 nitrogen and oxygen atoms in total. The first-order valence-electron chi connectivity index (χ1n) is 7.58. The van der Waals surface area contributed by atoms with E-state index in [9.17, 15) is 9.90 Å². The summed E-state index contributed by atoms with van der Waals surface area (Å²) >= 11 is 0. The molecule has 1 aromatic rings. The van der Waals surface area contributed by atoms with Crippen LogP contribution in [0.2, 0.25) is 0 Å². The lowest BCUT2D eigenvalue weighted by Gasteiger charge is -2.24. The van der Waals surface area contributed by atoms with Gasteiger partial charge in [0.05, 0.1) is 5.41 Å². The van der Waals surface area contributed by atoms with Crippen LogP contribution in [0.1, 0.15) is 51.0 Å². The summed E-state index contributed by atoms with van der Waals surface area (Å²) in [6, 6.07) is 9.54. The lowest BCUT2D eigenvalue weighted by Crippen LogP contribution is -2.31. The van der Waals surface area contributed by atoms with E-state index in [0.29, 0.717) is 12.3 Å². The number of aliphatic carboxylic acids is 1. The zero-order valence-electron chi connectivity index (χ0n) is 12.2. The fourth-order valence-corrected chi connectivity index (χ4v) is 2.96. The molecule has 0 bridgehead atoms. The van der Waals surface area contributed by atoms with E-state index in [1.165, 1.54) is 32.1 Å². The van der Waals surface area contributed by atoms with Gasteiger partial charge in [-0.2, -0.15) is 0 Å². The van der Waals surface area contributed by atoms with Crippen molar-refractivity contribution < 1.29 is 9.90 Å². The number of allylic oxidation sites excluding steroid dienone is 2. The average Bonchev–Trinajstić information content (AvgIpc) is 2.49. The van der Waals surface area contributed by atoms with Crippen molar-refractivity contribution in [2.75, 3.05) is 0 Å². The normalized spacial score (nSPS) is 19.9. The van der Waals surface area contributed by atoms with Crippen molar-refractivity contribution in [1.82, 2.24) is 0 Å². The zero-order valence-corrected chi connectivity index (χ0v) is 12.2. The van der Waals surface area contributed by atoms with Gasteiger partial charge in [0.15, 0.2) is 0 Å². The highest BCUT2D eigenvalue weighted by atomic mass is 16.4. The number of benzene rings is 1. The summed E-state index contributed by atoms with van der Waals surface area (Å²) in [6.07, 6.45) is 11.4. The van der Waals surface area contributed by atoms with Gasteiger partial charge < -0.3 is 5.11 Å². The fourth-order valence-electron chi connectivity index (χ4n) is 2.96. The second kappa shape index (κ2) is 6.74. The van der Waals surface area contributed by atoms with Crippen molar-refractivity contribution in [3.05, 3.63) is 48.0 Å². The molecule has 1 unspecified atom stereocenters. The van der Waals surface area contributed by atoms with E-state index in [4.69, 9.17) is 0 Å². The predicted molar refractivity (Wildman–Crippen MR) is 81.8 cm³/mol. The van der Waals surface area contributed by atoms with Crippen LogP contribution in [0.4, 0.5) is 0 Å². The van der Waals surface area contributed by atoms with E-state index in [-0.39, 0.29) is 0 Å². The molecule has 0 aliphatic heterocycles. The lowest BCUT2D eigenvalue weighted by atomic mass is 9.79. The molecule has 1 N–H and O–H groups in total. The van der Waals surface area contributed by atoms with Crippen molar-refractivity contribution >= 4 is 5.97 Å². The summed E-state index contributed by atoms with van der Waals surface area (Å²) in [5, 5.41) is 9.59. The molecule has 108 valence electrons. The van der Waals surface area contributed by atoms with Gasteiger partial charge in [-0.1, -0.05) is 61.7 Å². The molecule has 2 heteroatoms. The van der Waals surface area contributed by atoms with Crippen LogP contribution in [0, 0.1) is 5.92 Å². The van der Waals surface area contributed by atoms with Crippen LogP contribution in [0.15, 0.2) is 42.5 Å². The standard InChI is InChI=1S/C18H24O2/c1-18(17(19)20,16-12-6-3-7-13-16)14-8-11-15-9-4-2-5-10-15/h3,6-8,11-13,15H,2,4-5,9-10,14H2,1H3,(H,19,20)/b11-8+. The van der Waals surface area contributed by atoms with Gasteiger partial charge in [0, 0.05) is 0 Å². The summed E-state index contributed by atoms with van der Waals surface area (Å²) in [5.74, 6) is -0.102. The number of carbonyl (C=O) groups is 1. The van der Waals surface area contributed by atoms with Crippen LogP contribution in [-0.2, 0) is 10.2 Å². The average molecular weight is 272 g/mol. The number of carboxylic acid groups (broad SMARTS) is 1. The highest BCUT2D eigenvalue weighted by Gasteiger charge is 2.33. The molecule has 0 spiro atoms. The van der Waals surface area contributed by atoms with Gasteiger partial charge >= 0.3 is 5.97 Å². The Bertz CT molecular complexity index is 458. The van der Waals surface area contributed by atoms with Gasteiger partial charge in [0.1, 0.15) is 0 Å². The number of hydrogen-bond donors (Lipinski definition) is 1. The predicted octanol–water partition coefficient (Wildman–Crippen LogP) is 4.56. The van der Waals surface area contributed by atoms with E-state index >= 15 is 0 Å². The Morgan fingerprint density at radius 2 is 1.90 bits per heavy atom. The maximum absolute atomic E-state index is 11.7. The summed E-state index contributed by atoms with van der Waals surface area (Å²) in [4.78, 5) is 11.7. The second-order valence-electron chi connectivity index (χ2n) is 6.03. The molecule has 1 atom stereocenters. The first-order valence-corrected chi connectivity index (χ1v) is 7.58. The van der Waals surface area contributed by atoms with Crippen LogP contribution < -0.4 is 0 Å². The van der Waals surface area contributed by atoms with Gasteiger partial charge in [0.2, 0.25) is 0 Å². The van der Waals surface area contributed by atoms with Gasteiger partial charge in [-0.05, 0) is 37.7 Å². The van der Waals surface area contributed by atoms with Crippen molar-refractivity contribution in [2.45, 2.75) is 50.9 Å². The molecule has 1 aliphatic rings. The Labute approximate surface area is 121 Å². The topological polar surface area (TPSA) is 37.3 Å². The molecule has 2 rings (SSSR count). The third kappa shape index (κ3) is 3.50.